The first-order valence-electron chi connectivity index (χ1n) is 3.90. The number of aromatic amines is 1. The van der Waals surface area contributed by atoms with Crippen LogP contribution in [-0.2, 0) is 0 Å². The minimum Gasteiger partial charge on any atom is -0.329 e. The Balaban J connectivity index is 2.85. The molecule has 1 unspecified atom stereocenters. The van der Waals surface area contributed by atoms with Gasteiger partial charge in [0.1, 0.15) is 0 Å². The zero-order valence-electron chi connectivity index (χ0n) is 7.14. The highest BCUT2D eigenvalue weighted by molar-refractivity contribution is 5.13. The number of alkyl halides is 3. The van der Waals surface area contributed by atoms with E-state index < -0.39 is 24.2 Å². The molecule has 3 N–H and O–H groups in total. The highest BCUT2D eigenvalue weighted by Gasteiger charge is 2.31. The Morgan fingerprint density at radius 2 is 2.14 bits per heavy atom. The largest absolute Gasteiger partial charge is 0.390 e. The van der Waals surface area contributed by atoms with Crippen molar-refractivity contribution in [2.75, 3.05) is 0 Å². The van der Waals surface area contributed by atoms with Crippen molar-refractivity contribution in [1.29, 1.82) is 0 Å². The fraction of sp³-hybridized carbons (Fsp3) is 0.375. The highest BCUT2D eigenvalue weighted by Crippen LogP contribution is 2.26. The molecule has 0 aliphatic heterocycles. The molecule has 1 atom stereocenters. The van der Waals surface area contributed by atoms with E-state index in [0.717, 1.165) is 0 Å². The van der Waals surface area contributed by atoms with Crippen molar-refractivity contribution in [3.8, 4) is 0 Å². The lowest BCUT2D eigenvalue weighted by Gasteiger charge is -2.12. The van der Waals surface area contributed by atoms with Crippen molar-refractivity contribution in [3.63, 3.8) is 0 Å². The van der Waals surface area contributed by atoms with Crippen LogP contribution in [0.3, 0.4) is 0 Å². The molecule has 0 radical (unpaired) electrons. The summed E-state index contributed by atoms with van der Waals surface area (Å²) < 4.78 is 35.8. The molecule has 0 amide bonds. The van der Waals surface area contributed by atoms with Crippen LogP contribution < -0.4 is 11.3 Å². The summed E-state index contributed by atoms with van der Waals surface area (Å²) in [5.41, 5.74) is 4.61. The standard InChI is InChI=1S/C8H9F3N2O/c9-8(10,11)4-6(12)5-2-1-3-13-7(5)14/h1-3,6H,4,12H2,(H,13,14). The highest BCUT2D eigenvalue weighted by atomic mass is 19.4. The molecule has 0 aliphatic carbocycles. The Kier molecular flexibility index (Phi) is 2.95. The van der Waals surface area contributed by atoms with Crippen LogP contribution in [0.15, 0.2) is 23.1 Å². The quantitative estimate of drug-likeness (QED) is 0.766. The van der Waals surface area contributed by atoms with Gasteiger partial charge < -0.3 is 10.7 Å². The fourth-order valence-corrected chi connectivity index (χ4v) is 1.09. The monoisotopic (exact) mass is 206 g/mol. The first-order chi connectivity index (χ1) is 6.40. The van der Waals surface area contributed by atoms with E-state index in [0.29, 0.717) is 0 Å². The van der Waals surface area contributed by atoms with E-state index in [4.69, 9.17) is 5.73 Å². The van der Waals surface area contributed by atoms with E-state index >= 15 is 0 Å². The van der Waals surface area contributed by atoms with Gasteiger partial charge in [-0.1, -0.05) is 6.07 Å². The molecule has 0 spiro atoms. The number of rotatable bonds is 2. The van der Waals surface area contributed by atoms with Crippen LogP contribution in [0.25, 0.3) is 0 Å². The topological polar surface area (TPSA) is 58.9 Å². The van der Waals surface area contributed by atoms with Gasteiger partial charge in [0.05, 0.1) is 6.42 Å². The third-order valence-corrected chi connectivity index (χ3v) is 1.70. The molecule has 78 valence electrons. The number of pyridine rings is 1. The molecule has 3 nitrogen and oxygen atoms in total. The normalized spacial score (nSPS) is 14.0. The lowest BCUT2D eigenvalue weighted by atomic mass is 10.1. The Morgan fingerprint density at radius 1 is 1.50 bits per heavy atom. The van der Waals surface area contributed by atoms with Crippen molar-refractivity contribution < 1.29 is 13.2 Å². The second kappa shape index (κ2) is 3.83. The van der Waals surface area contributed by atoms with E-state index in [1.54, 1.807) is 0 Å². The Hall–Kier alpha value is -1.30. The number of aromatic nitrogens is 1. The number of nitrogens with one attached hydrogen (secondary N) is 1. The molecular weight excluding hydrogens is 197 g/mol. The van der Waals surface area contributed by atoms with Crippen molar-refractivity contribution in [2.45, 2.75) is 18.6 Å². The molecule has 0 aromatic carbocycles. The maximum Gasteiger partial charge on any atom is 0.390 e. The van der Waals surface area contributed by atoms with E-state index in [1.807, 2.05) is 0 Å². The van der Waals surface area contributed by atoms with Gasteiger partial charge in [0.2, 0.25) is 0 Å². The minimum absolute atomic E-state index is 0.0511. The van der Waals surface area contributed by atoms with Gasteiger partial charge in [0, 0.05) is 17.8 Å². The van der Waals surface area contributed by atoms with Crippen LogP contribution in [0.5, 0.6) is 0 Å². The van der Waals surface area contributed by atoms with Gasteiger partial charge in [-0.05, 0) is 6.07 Å². The Labute approximate surface area is 77.7 Å². The molecule has 1 heterocycles. The van der Waals surface area contributed by atoms with Crippen LogP contribution in [0.4, 0.5) is 13.2 Å². The fourth-order valence-electron chi connectivity index (χ4n) is 1.09. The number of hydrogen-bond donors (Lipinski definition) is 2. The molecule has 0 bridgehead atoms. The number of H-pyrrole nitrogens is 1. The average molecular weight is 206 g/mol. The van der Waals surface area contributed by atoms with E-state index in [9.17, 15) is 18.0 Å². The van der Waals surface area contributed by atoms with Crippen LogP contribution in [-0.4, -0.2) is 11.2 Å². The molecule has 1 rings (SSSR count). The maximum atomic E-state index is 11.9. The van der Waals surface area contributed by atoms with Gasteiger partial charge in [0.15, 0.2) is 0 Å². The molecule has 0 saturated carbocycles. The predicted octanol–water partition coefficient (Wildman–Crippen LogP) is 1.33. The lowest BCUT2D eigenvalue weighted by Crippen LogP contribution is -2.26. The summed E-state index contributed by atoms with van der Waals surface area (Å²) in [6, 6.07) is 1.42. The third-order valence-electron chi connectivity index (χ3n) is 1.70. The molecule has 0 fully saturated rings. The molecule has 14 heavy (non-hydrogen) atoms. The summed E-state index contributed by atoms with van der Waals surface area (Å²) >= 11 is 0. The molecule has 1 aromatic rings. The Morgan fingerprint density at radius 3 is 2.64 bits per heavy atom. The summed E-state index contributed by atoms with van der Waals surface area (Å²) in [7, 11) is 0. The zero-order valence-corrected chi connectivity index (χ0v) is 7.14. The van der Waals surface area contributed by atoms with Crippen molar-refractivity contribution in [2.24, 2.45) is 5.73 Å². The molecule has 1 aromatic heterocycles. The van der Waals surface area contributed by atoms with Gasteiger partial charge in [-0.25, -0.2) is 0 Å². The molecular formula is C8H9F3N2O. The third kappa shape index (κ3) is 2.88. The maximum absolute atomic E-state index is 11.9. The second-order valence-corrected chi connectivity index (χ2v) is 2.88. The predicted molar refractivity (Wildman–Crippen MR) is 44.7 cm³/mol. The summed E-state index contributed by atoms with van der Waals surface area (Å²) in [5, 5.41) is 0. The number of nitrogens with two attached hydrogens (primary N) is 1. The summed E-state index contributed by atoms with van der Waals surface area (Å²) in [5.74, 6) is 0. The summed E-state index contributed by atoms with van der Waals surface area (Å²) in [6.07, 6.45) is -4.21. The van der Waals surface area contributed by atoms with Crippen LogP contribution in [0, 0.1) is 0 Å². The van der Waals surface area contributed by atoms with Crippen molar-refractivity contribution >= 4 is 0 Å². The minimum atomic E-state index is -4.36. The van der Waals surface area contributed by atoms with Crippen molar-refractivity contribution in [1.82, 2.24) is 4.98 Å². The number of halogens is 3. The van der Waals surface area contributed by atoms with Crippen LogP contribution in [0.2, 0.25) is 0 Å². The second-order valence-electron chi connectivity index (χ2n) is 2.88. The summed E-state index contributed by atoms with van der Waals surface area (Å²) in [6.45, 7) is 0. The van der Waals surface area contributed by atoms with E-state index in [-0.39, 0.29) is 5.56 Å². The van der Waals surface area contributed by atoms with Gasteiger partial charge >= 0.3 is 6.18 Å². The SMILES string of the molecule is NC(CC(F)(F)F)c1ccc[nH]c1=O. The van der Waals surface area contributed by atoms with Gasteiger partial charge in [-0.3, -0.25) is 4.79 Å². The molecule has 0 saturated heterocycles. The van der Waals surface area contributed by atoms with Gasteiger partial charge in [-0.2, -0.15) is 13.2 Å². The molecule has 0 aliphatic rings. The van der Waals surface area contributed by atoms with Crippen LogP contribution in [0.1, 0.15) is 18.0 Å². The van der Waals surface area contributed by atoms with Gasteiger partial charge in [-0.15, -0.1) is 0 Å². The average Bonchev–Trinajstić information content (AvgIpc) is 2.01. The van der Waals surface area contributed by atoms with E-state index in [1.165, 1.54) is 18.3 Å². The zero-order chi connectivity index (χ0) is 10.8. The lowest BCUT2D eigenvalue weighted by molar-refractivity contribution is -0.138. The van der Waals surface area contributed by atoms with E-state index in [2.05, 4.69) is 4.98 Å². The van der Waals surface area contributed by atoms with Crippen molar-refractivity contribution in [3.05, 3.63) is 34.2 Å². The number of hydrogen-bond acceptors (Lipinski definition) is 2. The van der Waals surface area contributed by atoms with Gasteiger partial charge in [0.25, 0.3) is 5.56 Å². The first-order valence-corrected chi connectivity index (χ1v) is 3.90. The Bertz CT molecular complexity index is 358. The smallest absolute Gasteiger partial charge is 0.329 e. The first kappa shape index (κ1) is 10.8. The molecule has 6 heteroatoms. The summed E-state index contributed by atoms with van der Waals surface area (Å²) in [4.78, 5) is 13.3. The van der Waals surface area contributed by atoms with Crippen LogP contribution >= 0.6 is 0 Å².